The number of sulfone groups is 1. The molecule has 0 radical (unpaired) electrons. The number of carboxylic acid groups (broad SMARTS) is 1. The van der Waals surface area contributed by atoms with Crippen LogP contribution >= 0.6 is 0 Å². The Labute approximate surface area is 123 Å². The van der Waals surface area contributed by atoms with Gasteiger partial charge in [-0.05, 0) is 30.7 Å². The molecule has 0 atom stereocenters. The van der Waals surface area contributed by atoms with Crippen molar-refractivity contribution in [2.24, 2.45) is 0 Å². The number of nitrogens with zero attached hydrogens (tertiary/aromatic N) is 1. The van der Waals surface area contributed by atoms with Crippen LogP contribution in [0.25, 0.3) is 0 Å². The topological polar surface area (TPSA) is 109 Å². The molecule has 9 heteroatoms. The van der Waals surface area contributed by atoms with Crippen molar-refractivity contribution in [3.63, 3.8) is 0 Å². The fourth-order valence-corrected chi connectivity index (χ4v) is 4.94. The van der Waals surface area contributed by atoms with E-state index in [1.807, 2.05) is 0 Å². The van der Waals surface area contributed by atoms with E-state index in [-0.39, 0.29) is 41.5 Å². The molecule has 1 N–H and O–H groups in total. The number of hydrogen-bond acceptors (Lipinski definition) is 5. The number of hydrogen-bond donors (Lipinski definition) is 1. The lowest BCUT2D eigenvalue weighted by Gasteiger charge is -2.19. The van der Waals surface area contributed by atoms with E-state index in [4.69, 9.17) is 5.11 Å². The van der Waals surface area contributed by atoms with Crippen molar-refractivity contribution >= 4 is 25.8 Å². The second-order valence-electron chi connectivity index (χ2n) is 4.74. The quantitative estimate of drug-likeness (QED) is 0.846. The van der Waals surface area contributed by atoms with Crippen LogP contribution in [0.2, 0.25) is 0 Å². The smallest absolute Gasteiger partial charge is 0.335 e. The van der Waals surface area contributed by atoms with Gasteiger partial charge in [-0.1, -0.05) is 0 Å². The van der Waals surface area contributed by atoms with Crippen LogP contribution in [0.3, 0.4) is 0 Å². The zero-order valence-electron chi connectivity index (χ0n) is 11.1. The summed E-state index contributed by atoms with van der Waals surface area (Å²) >= 11 is 0. The molecule has 1 fully saturated rings. The van der Waals surface area contributed by atoms with E-state index in [1.165, 1.54) is 24.3 Å². The lowest BCUT2D eigenvalue weighted by Crippen LogP contribution is -2.33. The summed E-state index contributed by atoms with van der Waals surface area (Å²) in [6.07, 6.45) is 0.259. The van der Waals surface area contributed by atoms with Crippen LogP contribution in [0.1, 0.15) is 16.8 Å². The molecular weight excluding hydrogens is 318 g/mol. The number of rotatable bonds is 3. The van der Waals surface area contributed by atoms with Gasteiger partial charge in [-0.15, -0.1) is 0 Å². The van der Waals surface area contributed by atoms with Gasteiger partial charge in [0.2, 0.25) is 10.0 Å². The minimum absolute atomic E-state index is 0.00704. The molecule has 1 saturated heterocycles. The van der Waals surface area contributed by atoms with Crippen molar-refractivity contribution in [2.45, 2.75) is 11.3 Å². The van der Waals surface area contributed by atoms with E-state index in [0.29, 0.717) is 0 Å². The Morgan fingerprint density at radius 1 is 1.10 bits per heavy atom. The normalized spacial score (nSPS) is 19.8. The summed E-state index contributed by atoms with van der Waals surface area (Å²) in [6.45, 7) is 0.0631. The molecule has 0 saturated carbocycles. The van der Waals surface area contributed by atoms with E-state index >= 15 is 0 Å². The predicted molar refractivity (Wildman–Crippen MR) is 75.4 cm³/mol. The molecular formula is C12H15NO6S2. The standard InChI is InChI=1S/C12H15NO6S2/c14-12(15)10-2-4-11(5-3-10)21(18,19)13-6-1-8-20(16,17)9-7-13/h2-5H,1,6-9H2,(H,14,15). The number of benzene rings is 1. The van der Waals surface area contributed by atoms with Crippen molar-refractivity contribution in [1.82, 2.24) is 4.31 Å². The van der Waals surface area contributed by atoms with Crippen LogP contribution in [0, 0.1) is 0 Å². The first kappa shape index (κ1) is 15.9. The minimum Gasteiger partial charge on any atom is -0.478 e. The second kappa shape index (κ2) is 5.74. The summed E-state index contributed by atoms with van der Waals surface area (Å²) < 4.78 is 49.0. The van der Waals surface area contributed by atoms with E-state index in [2.05, 4.69) is 0 Å². The fraction of sp³-hybridized carbons (Fsp3) is 0.417. The van der Waals surface area contributed by atoms with Crippen LogP contribution in [0.4, 0.5) is 0 Å². The van der Waals surface area contributed by atoms with Gasteiger partial charge in [0.15, 0.2) is 9.84 Å². The van der Waals surface area contributed by atoms with Gasteiger partial charge in [0.05, 0.1) is 22.0 Å². The fourth-order valence-electron chi connectivity index (χ4n) is 2.07. The Morgan fingerprint density at radius 3 is 2.29 bits per heavy atom. The third-order valence-electron chi connectivity index (χ3n) is 3.25. The van der Waals surface area contributed by atoms with Gasteiger partial charge in [-0.2, -0.15) is 4.31 Å². The Bertz CT molecular complexity index is 736. The largest absolute Gasteiger partial charge is 0.478 e. The molecule has 1 aliphatic rings. The van der Waals surface area contributed by atoms with Gasteiger partial charge >= 0.3 is 5.97 Å². The van der Waals surface area contributed by atoms with Gasteiger partial charge in [-0.3, -0.25) is 0 Å². The van der Waals surface area contributed by atoms with Crippen LogP contribution in [-0.4, -0.2) is 56.8 Å². The maximum Gasteiger partial charge on any atom is 0.335 e. The maximum absolute atomic E-state index is 12.4. The van der Waals surface area contributed by atoms with Crippen molar-refractivity contribution in [3.8, 4) is 0 Å². The third kappa shape index (κ3) is 3.60. The van der Waals surface area contributed by atoms with Crippen molar-refractivity contribution < 1.29 is 26.7 Å². The molecule has 2 rings (SSSR count). The van der Waals surface area contributed by atoms with Crippen LogP contribution < -0.4 is 0 Å². The first-order valence-corrected chi connectivity index (χ1v) is 9.52. The highest BCUT2D eigenvalue weighted by atomic mass is 32.2. The van der Waals surface area contributed by atoms with Crippen molar-refractivity contribution in [1.29, 1.82) is 0 Å². The molecule has 0 amide bonds. The first-order chi connectivity index (χ1) is 9.72. The average Bonchev–Trinajstić information content (AvgIpc) is 2.60. The van der Waals surface area contributed by atoms with Gasteiger partial charge in [0.1, 0.15) is 0 Å². The minimum atomic E-state index is -3.80. The summed E-state index contributed by atoms with van der Waals surface area (Å²) in [6, 6.07) is 4.86. The van der Waals surface area contributed by atoms with Crippen molar-refractivity contribution in [2.75, 3.05) is 24.6 Å². The van der Waals surface area contributed by atoms with Gasteiger partial charge in [0.25, 0.3) is 0 Å². The van der Waals surface area contributed by atoms with E-state index in [1.54, 1.807) is 0 Å². The summed E-state index contributed by atoms with van der Waals surface area (Å²) in [5.74, 6) is -1.35. The third-order valence-corrected chi connectivity index (χ3v) is 6.88. The summed E-state index contributed by atoms with van der Waals surface area (Å²) in [5, 5.41) is 8.80. The SMILES string of the molecule is O=C(O)c1ccc(S(=O)(=O)N2CCCS(=O)(=O)CC2)cc1. The molecule has 7 nitrogen and oxygen atoms in total. The first-order valence-electron chi connectivity index (χ1n) is 6.26. The molecule has 1 heterocycles. The molecule has 116 valence electrons. The van der Waals surface area contributed by atoms with Gasteiger partial charge in [-0.25, -0.2) is 21.6 Å². The van der Waals surface area contributed by atoms with E-state index in [0.717, 1.165) is 4.31 Å². The molecule has 1 aliphatic heterocycles. The van der Waals surface area contributed by atoms with E-state index in [9.17, 15) is 21.6 Å². The van der Waals surface area contributed by atoms with Gasteiger partial charge in [0, 0.05) is 13.1 Å². The number of carbonyl (C=O) groups is 1. The Balaban J connectivity index is 2.27. The molecule has 0 spiro atoms. The number of sulfonamides is 1. The number of carboxylic acids is 1. The highest BCUT2D eigenvalue weighted by molar-refractivity contribution is 7.91. The Kier molecular flexibility index (Phi) is 4.35. The average molecular weight is 333 g/mol. The lowest BCUT2D eigenvalue weighted by atomic mass is 10.2. The molecule has 1 aromatic carbocycles. The molecule has 1 aromatic rings. The maximum atomic E-state index is 12.4. The second-order valence-corrected chi connectivity index (χ2v) is 8.98. The predicted octanol–water partition coefficient (Wildman–Crippen LogP) is 0.194. The zero-order valence-corrected chi connectivity index (χ0v) is 12.7. The molecule has 21 heavy (non-hydrogen) atoms. The monoisotopic (exact) mass is 333 g/mol. The zero-order chi connectivity index (χ0) is 15.7. The van der Waals surface area contributed by atoms with E-state index < -0.39 is 25.8 Å². The molecule has 0 aliphatic carbocycles. The van der Waals surface area contributed by atoms with Crippen LogP contribution in [-0.2, 0) is 19.9 Å². The van der Waals surface area contributed by atoms with Gasteiger partial charge < -0.3 is 5.11 Å². The lowest BCUT2D eigenvalue weighted by molar-refractivity contribution is 0.0696. The van der Waals surface area contributed by atoms with Crippen LogP contribution in [0.5, 0.6) is 0 Å². The summed E-state index contributed by atoms with van der Waals surface area (Å²) in [7, 11) is -7.00. The number of aromatic carboxylic acids is 1. The van der Waals surface area contributed by atoms with Crippen molar-refractivity contribution in [3.05, 3.63) is 29.8 Å². The highest BCUT2D eigenvalue weighted by Gasteiger charge is 2.28. The Hall–Kier alpha value is -1.45. The molecule has 0 unspecified atom stereocenters. The van der Waals surface area contributed by atoms with Crippen LogP contribution in [0.15, 0.2) is 29.2 Å². The Morgan fingerprint density at radius 2 is 1.71 bits per heavy atom. The molecule has 0 bridgehead atoms. The summed E-state index contributed by atoms with van der Waals surface area (Å²) in [4.78, 5) is 10.7. The highest BCUT2D eigenvalue weighted by Crippen LogP contribution is 2.19. The summed E-state index contributed by atoms with van der Waals surface area (Å²) in [5.41, 5.74) is -0.00704. The molecule has 0 aromatic heterocycles.